The second kappa shape index (κ2) is 13.0. The molecule has 5 atom stereocenters. The molecule has 0 saturated heterocycles. The number of aliphatic hydroxyl groups is 2. The molecule has 0 aliphatic rings. The Labute approximate surface area is 163 Å². The molecule has 0 aromatic rings. The van der Waals surface area contributed by atoms with Gasteiger partial charge in [0, 0.05) is 0 Å². The van der Waals surface area contributed by atoms with Gasteiger partial charge in [-0.25, -0.2) is 4.79 Å². The Balaban J connectivity index is 4.94. The van der Waals surface area contributed by atoms with E-state index in [9.17, 15) is 29.4 Å². The van der Waals surface area contributed by atoms with Gasteiger partial charge in [-0.15, -0.1) is 0 Å². The Morgan fingerprint density at radius 3 is 2.04 bits per heavy atom. The number of hydrogen-bond donors (Lipinski definition) is 8. The van der Waals surface area contributed by atoms with Crippen LogP contribution < -0.4 is 27.4 Å². The van der Waals surface area contributed by atoms with Crippen LogP contribution in [0.4, 0.5) is 0 Å². The Morgan fingerprint density at radius 2 is 1.57 bits per heavy atom. The number of carbonyl (C=O) groups is 4. The predicted molar refractivity (Wildman–Crippen MR) is 98.7 cm³/mol. The number of carbonyl (C=O) groups excluding carboxylic acids is 3. The van der Waals surface area contributed by atoms with Crippen molar-refractivity contribution in [2.75, 3.05) is 13.2 Å². The molecule has 0 bridgehead atoms. The Kier molecular flexibility index (Phi) is 11.9. The first-order valence-corrected chi connectivity index (χ1v) is 8.93. The second-order valence-corrected chi connectivity index (χ2v) is 6.43. The number of amides is 3. The van der Waals surface area contributed by atoms with Crippen LogP contribution >= 0.6 is 0 Å². The van der Waals surface area contributed by atoms with E-state index in [1.54, 1.807) is 0 Å². The summed E-state index contributed by atoms with van der Waals surface area (Å²) in [7, 11) is 0. The van der Waals surface area contributed by atoms with E-state index < -0.39 is 60.6 Å². The highest BCUT2D eigenvalue weighted by atomic mass is 16.4. The fraction of sp³-hybridized carbons (Fsp3) is 0.750. The summed E-state index contributed by atoms with van der Waals surface area (Å²) in [6.07, 6.45) is -0.119. The van der Waals surface area contributed by atoms with Gasteiger partial charge in [-0.1, -0.05) is 0 Å². The zero-order valence-corrected chi connectivity index (χ0v) is 16.1. The minimum atomic E-state index is -1.44. The lowest BCUT2D eigenvalue weighted by molar-refractivity contribution is -0.143. The number of hydrogen-bond acceptors (Lipinski definition) is 8. The summed E-state index contributed by atoms with van der Waals surface area (Å²) in [6.45, 7) is 2.34. The average molecular weight is 405 g/mol. The standard InChI is InChI=1S/C16H31N5O7/c1-8(19-14(25)10(18)7-22)13(24)21-12(9(2)23)15(26)20-11(16(27)28)5-3-4-6-17/h8-12,22-23H,3-7,17-18H2,1-2H3,(H,19,25)(H,20,26)(H,21,24)(H,27,28). The molecule has 12 nitrogen and oxygen atoms in total. The third-order valence-electron chi connectivity index (χ3n) is 3.91. The monoisotopic (exact) mass is 405 g/mol. The first-order chi connectivity index (χ1) is 13.0. The van der Waals surface area contributed by atoms with Crippen molar-refractivity contribution in [1.82, 2.24) is 16.0 Å². The smallest absolute Gasteiger partial charge is 0.326 e. The zero-order chi connectivity index (χ0) is 21.9. The van der Waals surface area contributed by atoms with Gasteiger partial charge in [0.05, 0.1) is 12.7 Å². The number of aliphatic hydroxyl groups excluding tert-OH is 2. The molecular formula is C16H31N5O7. The minimum Gasteiger partial charge on any atom is -0.480 e. The minimum absolute atomic E-state index is 0.143. The van der Waals surface area contributed by atoms with E-state index in [4.69, 9.17) is 16.6 Å². The molecule has 3 amide bonds. The van der Waals surface area contributed by atoms with Gasteiger partial charge in [-0.3, -0.25) is 14.4 Å². The van der Waals surface area contributed by atoms with Crippen molar-refractivity contribution < 1.29 is 34.5 Å². The fourth-order valence-electron chi connectivity index (χ4n) is 2.16. The van der Waals surface area contributed by atoms with Crippen molar-refractivity contribution in [2.45, 2.75) is 63.4 Å². The molecule has 0 aliphatic carbocycles. The van der Waals surface area contributed by atoms with Gasteiger partial charge >= 0.3 is 5.97 Å². The summed E-state index contributed by atoms with van der Waals surface area (Å²) in [6, 6.07) is -4.96. The van der Waals surface area contributed by atoms with Crippen LogP contribution in [0.5, 0.6) is 0 Å². The quantitative estimate of drug-likeness (QED) is 0.142. The van der Waals surface area contributed by atoms with Crippen LogP contribution in [0.25, 0.3) is 0 Å². The number of carboxylic acids is 1. The largest absolute Gasteiger partial charge is 0.480 e. The lowest BCUT2D eigenvalue weighted by Crippen LogP contribution is -2.59. The number of unbranched alkanes of at least 4 members (excludes halogenated alkanes) is 1. The molecule has 0 saturated carbocycles. The highest BCUT2D eigenvalue weighted by molar-refractivity contribution is 5.94. The summed E-state index contributed by atoms with van der Waals surface area (Å²) >= 11 is 0. The summed E-state index contributed by atoms with van der Waals surface area (Å²) in [5.41, 5.74) is 10.7. The van der Waals surface area contributed by atoms with Gasteiger partial charge in [-0.2, -0.15) is 0 Å². The van der Waals surface area contributed by atoms with Crippen LogP contribution in [0.2, 0.25) is 0 Å². The van der Waals surface area contributed by atoms with E-state index in [1.165, 1.54) is 13.8 Å². The van der Waals surface area contributed by atoms with Crippen LogP contribution in [-0.4, -0.2) is 82.4 Å². The van der Waals surface area contributed by atoms with Gasteiger partial charge in [-0.05, 0) is 39.7 Å². The number of rotatable bonds is 13. The normalized spacial score (nSPS) is 16.2. The SMILES string of the molecule is CC(NC(=O)C(N)CO)C(=O)NC(C(=O)NC(CCCCN)C(=O)O)C(C)O. The van der Waals surface area contributed by atoms with Crippen molar-refractivity contribution in [3.8, 4) is 0 Å². The van der Waals surface area contributed by atoms with E-state index >= 15 is 0 Å². The summed E-state index contributed by atoms with van der Waals surface area (Å²) in [5, 5.41) is 34.6. The molecule has 0 rings (SSSR count). The van der Waals surface area contributed by atoms with Crippen molar-refractivity contribution >= 4 is 23.7 Å². The number of nitrogens with one attached hydrogen (secondary N) is 3. The van der Waals surface area contributed by atoms with Crippen molar-refractivity contribution in [2.24, 2.45) is 11.5 Å². The summed E-state index contributed by atoms with van der Waals surface area (Å²) in [5.74, 6) is -3.70. The van der Waals surface area contributed by atoms with E-state index in [0.717, 1.165) is 0 Å². The molecule has 28 heavy (non-hydrogen) atoms. The van der Waals surface area contributed by atoms with Gasteiger partial charge in [0.2, 0.25) is 17.7 Å². The molecule has 0 aromatic heterocycles. The average Bonchev–Trinajstić information content (AvgIpc) is 2.63. The Morgan fingerprint density at radius 1 is 0.964 bits per heavy atom. The summed E-state index contributed by atoms with van der Waals surface area (Å²) < 4.78 is 0. The topological polar surface area (TPSA) is 217 Å². The van der Waals surface area contributed by atoms with Crippen molar-refractivity contribution in [1.29, 1.82) is 0 Å². The van der Waals surface area contributed by atoms with Crippen LogP contribution in [-0.2, 0) is 19.2 Å². The third-order valence-corrected chi connectivity index (χ3v) is 3.91. The third kappa shape index (κ3) is 9.08. The molecule has 0 fully saturated rings. The van der Waals surface area contributed by atoms with Gasteiger partial charge in [0.15, 0.2) is 0 Å². The number of aliphatic carboxylic acids is 1. The van der Waals surface area contributed by atoms with E-state index in [-0.39, 0.29) is 6.42 Å². The maximum atomic E-state index is 12.4. The van der Waals surface area contributed by atoms with Crippen LogP contribution in [0.3, 0.4) is 0 Å². The molecule has 0 aliphatic heterocycles. The molecule has 10 N–H and O–H groups in total. The first kappa shape index (κ1) is 25.7. The lowest BCUT2D eigenvalue weighted by Gasteiger charge is -2.25. The van der Waals surface area contributed by atoms with Gasteiger partial charge in [0.1, 0.15) is 24.2 Å². The first-order valence-electron chi connectivity index (χ1n) is 8.93. The summed E-state index contributed by atoms with van der Waals surface area (Å²) in [4.78, 5) is 47.4. The van der Waals surface area contributed by atoms with Crippen LogP contribution in [0.1, 0.15) is 33.1 Å². The molecule has 0 radical (unpaired) electrons. The highest BCUT2D eigenvalue weighted by Gasteiger charge is 2.31. The van der Waals surface area contributed by atoms with Gasteiger partial charge < -0.3 is 42.7 Å². The molecule has 162 valence electrons. The zero-order valence-electron chi connectivity index (χ0n) is 16.1. The van der Waals surface area contributed by atoms with Crippen molar-refractivity contribution in [3.63, 3.8) is 0 Å². The maximum Gasteiger partial charge on any atom is 0.326 e. The molecule has 5 unspecified atom stereocenters. The molecular weight excluding hydrogens is 374 g/mol. The lowest BCUT2D eigenvalue weighted by atomic mass is 10.1. The molecule has 0 spiro atoms. The molecule has 0 heterocycles. The number of nitrogens with two attached hydrogens (primary N) is 2. The van der Waals surface area contributed by atoms with Gasteiger partial charge in [0.25, 0.3) is 0 Å². The molecule has 12 heteroatoms. The predicted octanol–water partition coefficient (Wildman–Crippen LogP) is -3.63. The Hall–Kier alpha value is -2.28. The maximum absolute atomic E-state index is 12.4. The Bertz CT molecular complexity index is 543. The van der Waals surface area contributed by atoms with E-state index in [1.807, 2.05) is 0 Å². The number of carboxylic acid groups (broad SMARTS) is 1. The van der Waals surface area contributed by atoms with E-state index in [0.29, 0.717) is 19.4 Å². The van der Waals surface area contributed by atoms with Crippen molar-refractivity contribution in [3.05, 3.63) is 0 Å². The van der Waals surface area contributed by atoms with Crippen LogP contribution in [0.15, 0.2) is 0 Å². The van der Waals surface area contributed by atoms with E-state index in [2.05, 4.69) is 16.0 Å². The fourth-order valence-corrected chi connectivity index (χ4v) is 2.16. The van der Waals surface area contributed by atoms with Crippen LogP contribution in [0, 0.1) is 0 Å². The molecule has 0 aromatic carbocycles. The highest BCUT2D eigenvalue weighted by Crippen LogP contribution is 2.03. The second-order valence-electron chi connectivity index (χ2n) is 6.43.